The van der Waals surface area contributed by atoms with Gasteiger partial charge in [0.1, 0.15) is 6.23 Å². The normalized spacial score (nSPS) is 24.5. The number of rotatable bonds is 12. The molecule has 0 spiro atoms. The fourth-order valence-corrected chi connectivity index (χ4v) is 3.27. The van der Waals surface area contributed by atoms with Gasteiger partial charge in [0.25, 0.3) is 0 Å². The summed E-state index contributed by atoms with van der Waals surface area (Å²) in [5, 5.41) is 16.9. The number of allylic oxidation sites excluding steroid dienone is 4. The standard InChI is InChI=1S/C24H40N2O2/c1-6-9-21(7-2)16-19(4)10-12-22(8-3)17-24(27)26-23-13-11-20(5)25-18-28-15-14-23/h6-7,11,13-14,17,19-21,24-27H,1-2,8-10,12,15-16,18H2,3-5H3/b13-11-,22-17-,23-14+. The molecular formula is C24H40N2O2. The van der Waals surface area contributed by atoms with Crippen LogP contribution in [0.4, 0.5) is 0 Å². The van der Waals surface area contributed by atoms with Crippen molar-refractivity contribution in [3.8, 4) is 0 Å². The number of ether oxygens (including phenoxy) is 1. The highest BCUT2D eigenvalue weighted by molar-refractivity contribution is 5.20. The molecule has 1 rings (SSSR count). The van der Waals surface area contributed by atoms with Crippen molar-refractivity contribution in [2.45, 2.75) is 65.1 Å². The van der Waals surface area contributed by atoms with Gasteiger partial charge in [0.2, 0.25) is 0 Å². The molecule has 28 heavy (non-hydrogen) atoms. The number of aliphatic hydroxyl groups is 1. The van der Waals surface area contributed by atoms with Gasteiger partial charge in [-0.2, -0.15) is 0 Å². The molecule has 0 amide bonds. The molecule has 158 valence electrons. The maximum atomic E-state index is 10.5. The van der Waals surface area contributed by atoms with Crippen LogP contribution in [0.5, 0.6) is 0 Å². The van der Waals surface area contributed by atoms with Crippen LogP contribution >= 0.6 is 0 Å². The van der Waals surface area contributed by atoms with E-state index in [9.17, 15) is 5.11 Å². The van der Waals surface area contributed by atoms with Crippen molar-refractivity contribution in [3.63, 3.8) is 0 Å². The lowest BCUT2D eigenvalue weighted by atomic mass is 9.89. The highest BCUT2D eigenvalue weighted by atomic mass is 16.5. The first kappa shape index (κ1) is 24.4. The van der Waals surface area contributed by atoms with Gasteiger partial charge < -0.3 is 15.2 Å². The average Bonchev–Trinajstić information content (AvgIpc) is 2.77. The molecule has 0 aromatic rings. The number of nitrogens with one attached hydrogen (secondary N) is 2. The molecule has 1 heterocycles. The minimum absolute atomic E-state index is 0.226. The molecule has 4 heteroatoms. The maximum absolute atomic E-state index is 10.5. The zero-order valence-corrected chi connectivity index (χ0v) is 18.0. The molecule has 0 aliphatic carbocycles. The van der Waals surface area contributed by atoms with Crippen molar-refractivity contribution in [2.75, 3.05) is 13.3 Å². The van der Waals surface area contributed by atoms with Crippen molar-refractivity contribution >= 4 is 0 Å². The topological polar surface area (TPSA) is 53.5 Å². The van der Waals surface area contributed by atoms with Gasteiger partial charge in [-0.05, 0) is 69.1 Å². The number of hydrogen-bond acceptors (Lipinski definition) is 4. The highest BCUT2D eigenvalue weighted by Gasteiger charge is 2.11. The van der Waals surface area contributed by atoms with E-state index >= 15 is 0 Å². The second-order valence-electron chi connectivity index (χ2n) is 7.69. The Kier molecular flexibility index (Phi) is 12.5. The Morgan fingerprint density at radius 2 is 2.25 bits per heavy atom. The zero-order valence-electron chi connectivity index (χ0n) is 18.0. The van der Waals surface area contributed by atoms with E-state index in [1.807, 2.05) is 30.4 Å². The first-order chi connectivity index (χ1) is 13.5. The van der Waals surface area contributed by atoms with Crippen LogP contribution in [0.2, 0.25) is 0 Å². The molecule has 0 saturated carbocycles. The molecule has 3 N–H and O–H groups in total. The molecule has 0 aromatic carbocycles. The molecule has 4 atom stereocenters. The van der Waals surface area contributed by atoms with Gasteiger partial charge in [-0.15, -0.1) is 13.2 Å². The van der Waals surface area contributed by atoms with Crippen molar-refractivity contribution in [1.82, 2.24) is 10.6 Å². The van der Waals surface area contributed by atoms with Crippen LogP contribution in [-0.4, -0.2) is 30.7 Å². The van der Waals surface area contributed by atoms with Gasteiger partial charge in [0, 0.05) is 11.7 Å². The summed E-state index contributed by atoms with van der Waals surface area (Å²) in [4.78, 5) is 0. The van der Waals surface area contributed by atoms with E-state index in [0.717, 1.165) is 37.8 Å². The van der Waals surface area contributed by atoms with Crippen molar-refractivity contribution < 1.29 is 9.84 Å². The van der Waals surface area contributed by atoms with Gasteiger partial charge in [-0.1, -0.05) is 37.6 Å². The van der Waals surface area contributed by atoms with Crippen LogP contribution in [0.1, 0.15) is 52.9 Å². The molecule has 1 aliphatic heterocycles. The summed E-state index contributed by atoms with van der Waals surface area (Å²) in [7, 11) is 0. The zero-order chi connectivity index (χ0) is 20.8. The Morgan fingerprint density at radius 3 is 2.93 bits per heavy atom. The van der Waals surface area contributed by atoms with Crippen LogP contribution in [0.3, 0.4) is 0 Å². The molecule has 4 unspecified atom stereocenters. The summed E-state index contributed by atoms with van der Waals surface area (Å²) in [5.41, 5.74) is 2.16. The van der Waals surface area contributed by atoms with Crippen LogP contribution in [0.15, 0.2) is 60.9 Å². The van der Waals surface area contributed by atoms with E-state index in [1.165, 1.54) is 5.57 Å². The molecule has 0 fully saturated rings. The molecule has 0 radical (unpaired) electrons. The lowest BCUT2D eigenvalue weighted by Crippen LogP contribution is -2.26. The summed E-state index contributed by atoms with van der Waals surface area (Å²) in [5.74, 6) is 1.13. The van der Waals surface area contributed by atoms with Gasteiger partial charge in [-0.25, -0.2) is 0 Å². The molecule has 0 bridgehead atoms. The third-order valence-electron chi connectivity index (χ3n) is 5.12. The SMILES string of the molecule is C=CCC(C=C)CC(C)CC/C(=C\C(O)NC1=C/COCNC(C)/C=C\1)CC. The van der Waals surface area contributed by atoms with E-state index in [4.69, 9.17) is 4.74 Å². The third-order valence-corrected chi connectivity index (χ3v) is 5.12. The summed E-state index contributed by atoms with van der Waals surface area (Å²) in [6.45, 7) is 15.3. The first-order valence-corrected chi connectivity index (χ1v) is 10.6. The van der Waals surface area contributed by atoms with Crippen LogP contribution in [0.25, 0.3) is 0 Å². The Balaban J connectivity index is 2.57. The Bertz CT molecular complexity index is 551. The predicted molar refractivity (Wildman–Crippen MR) is 120 cm³/mol. The van der Waals surface area contributed by atoms with Crippen LogP contribution < -0.4 is 10.6 Å². The second kappa shape index (κ2) is 14.4. The van der Waals surface area contributed by atoms with Crippen molar-refractivity contribution in [2.24, 2.45) is 11.8 Å². The van der Waals surface area contributed by atoms with Crippen LogP contribution in [0, 0.1) is 11.8 Å². The van der Waals surface area contributed by atoms with Gasteiger partial charge in [0.15, 0.2) is 0 Å². The summed E-state index contributed by atoms with van der Waals surface area (Å²) in [6.07, 6.45) is 16.5. The lowest BCUT2D eigenvalue weighted by molar-refractivity contribution is 0.138. The quantitative estimate of drug-likeness (QED) is 0.331. The van der Waals surface area contributed by atoms with E-state index in [2.05, 4.69) is 50.6 Å². The van der Waals surface area contributed by atoms with E-state index in [-0.39, 0.29) is 6.04 Å². The maximum Gasteiger partial charge on any atom is 0.144 e. The molecule has 1 aliphatic rings. The van der Waals surface area contributed by atoms with Gasteiger partial charge in [0.05, 0.1) is 13.3 Å². The third kappa shape index (κ3) is 10.6. The monoisotopic (exact) mass is 388 g/mol. The molecule has 0 aromatic heterocycles. The second-order valence-corrected chi connectivity index (χ2v) is 7.69. The summed E-state index contributed by atoms with van der Waals surface area (Å²) in [6, 6.07) is 0.226. The van der Waals surface area contributed by atoms with Gasteiger partial charge >= 0.3 is 0 Å². The largest absolute Gasteiger partial charge is 0.370 e. The minimum Gasteiger partial charge on any atom is -0.370 e. The fraction of sp³-hybridized carbons (Fsp3) is 0.583. The summed E-state index contributed by atoms with van der Waals surface area (Å²) >= 11 is 0. The highest BCUT2D eigenvalue weighted by Crippen LogP contribution is 2.23. The van der Waals surface area contributed by atoms with E-state index < -0.39 is 6.23 Å². The van der Waals surface area contributed by atoms with E-state index in [0.29, 0.717) is 25.2 Å². The van der Waals surface area contributed by atoms with Gasteiger partial charge in [-0.3, -0.25) is 5.32 Å². The fourth-order valence-electron chi connectivity index (χ4n) is 3.27. The Morgan fingerprint density at radius 1 is 1.46 bits per heavy atom. The van der Waals surface area contributed by atoms with Crippen LogP contribution in [-0.2, 0) is 4.74 Å². The lowest BCUT2D eigenvalue weighted by Gasteiger charge is -2.18. The Labute approximate surface area is 172 Å². The predicted octanol–water partition coefficient (Wildman–Crippen LogP) is 4.82. The Hall–Kier alpha value is -1.62. The first-order valence-electron chi connectivity index (χ1n) is 10.6. The smallest absolute Gasteiger partial charge is 0.144 e. The average molecular weight is 389 g/mol. The summed E-state index contributed by atoms with van der Waals surface area (Å²) < 4.78 is 5.48. The molecular weight excluding hydrogens is 348 g/mol. The molecule has 0 saturated heterocycles. The van der Waals surface area contributed by atoms with Crippen molar-refractivity contribution in [3.05, 3.63) is 60.9 Å². The number of hydrogen-bond donors (Lipinski definition) is 3. The number of aliphatic hydroxyl groups excluding tert-OH is 1. The van der Waals surface area contributed by atoms with Crippen molar-refractivity contribution in [1.29, 1.82) is 0 Å². The molecule has 4 nitrogen and oxygen atoms in total. The minimum atomic E-state index is -0.702. The van der Waals surface area contributed by atoms with E-state index in [1.54, 1.807) is 0 Å².